The molecule has 0 aliphatic carbocycles. The highest BCUT2D eigenvalue weighted by Crippen LogP contribution is 2.48. The SMILES string of the molecule is CC(C)[Si]1(C(C)C)OC[C@H]2O[C@H](Sc3ccccc3)[C@@H](O)[C@@H]2O[Si](C(C)C)(C(C)C)O1. The Hall–Kier alpha value is -0.196. The fraction of sp³-hybridized carbons (Fsp3) is 0.739. The second-order valence-electron chi connectivity index (χ2n) is 10.0. The van der Waals surface area contributed by atoms with Crippen LogP contribution in [0.2, 0.25) is 22.2 Å². The molecule has 0 spiro atoms. The van der Waals surface area contributed by atoms with Crippen molar-refractivity contribution in [2.45, 2.75) is 106 Å². The number of thioether (sulfide) groups is 1. The zero-order chi connectivity index (χ0) is 23.0. The van der Waals surface area contributed by atoms with Crippen molar-refractivity contribution in [1.29, 1.82) is 0 Å². The highest BCUT2D eigenvalue weighted by atomic mass is 32.2. The van der Waals surface area contributed by atoms with Crippen LogP contribution in [-0.4, -0.2) is 52.6 Å². The number of ether oxygens (including phenoxy) is 1. The van der Waals surface area contributed by atoms with Crippen molar-refractivity contribution in [3.05, 3.63) is 30.3 Å². The van der Waals surface area contributed by atoms with E-state index in [-0.39, 0.29) is 33.7 Å². The van der Waals surface area contributed by atoms with E-state index >= 15 is 0 Å². The molecule has 2 aliphatic heterocycles. The molecule has 0 unspecified atom stereocenters. The molecule has 3 rings (SSSR count). The van der Waals surface area contributed by atoms with Crippen LogP contribution >= 0.6 is 11.8 Å². The minimum Gasteiger partial charge on any atom is -0.414 e. The van der Waals surface area contributed by atoms with Crippen LogP contribution < -0.4 is 0 Å². The number of aliphatic hydroxyl groups is 1. The maximum atomic E-state index is 11.3. The van der Waals surface area contributed by atoms with Crippen LogP contribution in [0.4, 0.5) is 0 Å². The summed E-state index contributed by atoms with van der Waals surface area (Å²) < 4.78 is 27.2. The van der Waals surface area contributed by atoms with E-state index < -0.39 is 29.3 Å². The van der Waals surface area contributed by atoms with Gasteiger partial charge in [0.1, 0.15) is 23.7 Å². The summed E-state index contributed by atoms with van der Waals surface area (Å²) >= 11 is 1.55. The Morgan fingerprint density at radius 1 is 0.871 bits per heavy atom. The molecule has 1 aromatic carbocycles. The van der Waals surface area contributed by atoms with Gasteiger partial charge >= 0.3 is 17.1 Å². The number of hydrogen-bond acceptors (Lipinski definition) is 6. The van der Waals surface area contributed by atoms with Crippen molar-refractivity contribution in [3.8, 4) is 0 Å². The maximum absolute atomic E-state index is 11.3. The van der Waals surface area contributed by atoms with Crippen LogP contribution in [0, 0.1) is 0 Å². The molecule has 4 atom stereocenters. The fourth-order valence-electron chi connectivity index (χ4n) is 4.85. The lowest BCUT2D eigenvalue weighted by Crippen LogP contribution is -2.65. The number of fused-ring (bicyclic) bond motifs is 1. The van der Waals surface area contributed by atoms with Crippen LogP contribution in [-0.2, 0) is 17.7 Å². The van der Waals surface area contributed by atoms with Crippen LogP contribution in [0.15, 0.2) is 35.2 Å². The van der Waals surface area contributed by atoms with Gasteiger partial charge in [0.15, 0.2) is 0 Å². The Balaban J connectivity index is 1.97. The van der Waals surface area contributed by atoms with Gasteiger partial charge in [-0.25, -0.2) is 0 Å². The molecule has 5 nitrogen and oxygen atoms in total. The lowest BCUT2D eigenvalue weighted by atomic mass is 10.2. The van der Waals surface area contributed by atoms with E-state index in [0.717, 1.165) is 4.90 Å². The maximum Gasteiger partial charge on any atom is 0.335 e. The van der Waals surface area contributed by atoms with Crippen LogP contribution in [0.1, 0.15) is 55.4 Å². The average molecular weight is 485 g/mol. The molecule has 0 saturated carbocycles. The van der Waals surface area contributed by atoms with Crippen molar-refractivity contribution in [2.75, 3.05) is 6.61 Å². The average Bonchev–Trinajstić information content (AvgIpc) is 2.96. The van der Waals surface area contributed by atoms with Crippen molar-refractivity contribution >= 4 is 28.9 Å². The molecule has 0 aromatic heterocycles. The van der Waals surface area contributed by atoms with Crippen LogP contribution in [0.5, 0.6) is 0 Å². The molecular weight excluding hydrogens is 444 g/mol. The third-order valence-corrected chi connectivity index (χ3v) is 18.0. The molecule has 2 fully saturated rings. The van der Waals surface area contributed by atoms with E-state index in [1.165, 1.54) is 0 Å². The van der Waals surface area contributed by atoms with Gasteiger partial charge in [0.2, 0.25) is 0 Å². The van der Waals surface area contributed by atoms with Gasteiger partial charge in [-0.3, -0.25) is 0 Å². The highest BCUT2D eigenvalue weighted by Gasteiger charge is 2.61. The first-order valence-electron chi connectivity index (χ1n) is 11.6. The van der Waals surface area contributed by atoms with E-state index in [1.54, 1.807) is 11.8 Å². The zero-order valence-corrected chi connectivity index (χ0v) is 23.0. The quantitative estimate of drug-likeness (QED) is 0.513. The van der Waals surface area contributed by atoms with Crippen LogP contribution in [0.25, 0.3) is 0 Å². The summed E-state index contributed by atoms with van der Waals surface area (Å²) in [7, 11) is -5.33. The Labute approximate surface area is 194 Å². The number of hydrogen-bond donors (Lipinski definition) is 1. The number of benzene rings is 1. The second-order valence-corrected chi connectivity index (χ2v) is 20.0. The normalized spacial score (nSPS) is 30.6. The Bertz CT molecular complexity index is 699. The molecule has 176 valence electrons. The minimum absolute atomic E-state index is 0.229. The van der Waals surface area contributed by atoms with Crippen molar-refractivity contribution in [2.24, 2.45) is 0 Å². The Kier molecular flexibility index (Phi) is 8.18. The van der Waals surface area contributed by atoms with Crippen molar-refractivity contribution < 1.29 is 22.8 Å². The molecule has 1 aromatic rings. The first-order chi connectivity index (χ1) is 14.5. The Morgan fingerprint density at radius 2 is 1.42 bits per heavy atom. The molecule has 2 aliphatic rings. The topological polar surface area (TPSA) is 57.2 Å². The zero-order valence-electron chi connectivity index (χ0n) is 20.2. The molecule has 0 amide bonds. The standard InChI is InChI=1S/C23H40O5SSi2/c1-15(2)30(16(3)4)25-14-20-22(27-31(28-30,17(5)6)18(7)8)21(24)23(26-20)29-19-12-10-9-11-13-19/h9-13,15-18,20-24H,14H2,1-8H3/t20-,21+,22-,23-/m1/s1. The van der Waals surface area contributed by atoms with Gasteiger partial charge in [-0.1, -0.05) is 85.4 Å². The molecule has 0 bridgehead atoms. The summed E-state index contributed by atoms with van der Waals surface area (Å²) in [5.74, 6) is 0. The third-order valence-electron chi connectivity index (χ3n) is 6.62. The minimum atomic E-state index is -2.74. The second kappa shape index (κ2) is 9.97. The Morgan fingerprint density at radius 3 is 1.94 bits per heavy atom. The summed E-state index contributed by atoms with van der Waals surface area (Å²) in [6.45, 7) is 18.0. The van der Waals surface area contributed by atoms with E-state index in [1.807, 2.05) is 30.3 Å². The largest absolute Gasteiger partial charge is 0.414 e. The summed E-state index contributed by atoms with van der Waals surface area (Å²) in [5.41, 5.74) is 0.648. The first kappa shape index (κ1) is 25.4. The van der Waals surface area contributed by atoms with Gasteiger partial charge in [-0.15, -0.1) is 0 Å². The fourth-order valence-corrected chi connectivity index (χ4v) is 17.1. The van der Waals surface area contributed by atoms with Gasteiger partial charge in [0.25, 0.3) is 0 Å². The molecule has 0 radical (unpaired) electrons. The summed E-state index contributed by atoms with van der Waals surface area (Å²) in [5, 5.41) is 11.3. The van der Waals surface area contributed by atoms with E-state index in [9.17, 15) is 5.11 Å². The lowest BCUT2D eigenvalue weighted by molar-refractivity contribution is -0.0315. The lowest BCUT2D eigenvalue weighted by Gasteiger charge is -2.51. The third kappa shape index (κ3) is 4.87. The van der Waals surface area contributed by atoms with E-state index in [0.29, 0.717) is 6.61 Å². The monoisotopic (exact) mass is 484 g/mol. The molecule has 31 heavy (non-hydrogen) atoms. The van der Waals surface area contributed by atoms with Crippen molar-refractivity contribution in [1.82, 2.24) is 0 Å². The number of aliphatic hydroxyl groups excluding tert-OH is 1. The molecule has 1 N–H and O–H groups in total. The van der Waals surface area contributed by atoms with Gasteiger partial charge in [0.05, 0.1) is 6.61 Å². The summed E-state index contributed by atoms with van der Waals surface area (Å²) in [6.07, 6.45) is -1.48. The molecule has 2 heterocycles. The van der Waals surface area contributed by atoms with Gasteiger partial charge in [-0.05, 0) is 34.3 Å². The predicted molar refractivity (Wildman–Crippen MR) is 131 cm³/mol. The summed E-state index contributed by atoms with van der Waals surface area (Å²) in [4.78, 5) is 1.07. The smallest absolute Gasteiger partial charge is 0.335 e. The van der Waals surface area contributed by atoms with Gasteiger partial charge in [0, 0.05) is 4.90 Å². The molecule has 8 heteroatoms. The van der Waals surface area contributed by atoms with E-state index in [4.69, 9.17) is 17.7 Å². The molecular formula is C23H40O5SSi2. The first-order valence-corrected chi connectivity index (χ1v) is 16.4. The molecule has 2 saturated heterocycles. The predicted octanol–water partition coefficient (Wildman–Crippen LogP) is 5.82. The van der Waals surface area contributed by atoms with Crippen molar-refractivity contribution in [3.63, 3.8) is 0 Å². The van der Waals surface area contributed by atoms with E-state index in [2.05, 4.69) is 55.4 Å². The summed E-state index contributed by atoms with van der Waals surface area (Å²) in [6, 6.07) is 10.1. The van der Waals surface area contributed by atoms with Crippen LogP contribution in [0.3, 0.4) is 0 Å². The number of rotatable bonds is 6. The van der Waals surface area contributed by atoms with Gasteiger partial charge < -0.3 is 22.8 Å². The van der Waals surface area contributed by atoms with Gasteiger partial charge in [-0.2, -0.15) is 0 Å². The highest BCUT2D eigenvalue weighted by molar-refractivity contribution is 7.99.